The first kappa shape index (κ1) is 11.5. The number of hydrogen-bond donors (Lipinski definition) is 3. The number of nitrogens with two attached hydrogens (primary N) is 1. The van der Waals surface area contributed by atoms with Crippen molar-refractivity contribution in [1.82, 2.24) is 15.1 Å². The van der Waals surface area contributed by atoms with Crippen molar-refractivity contribution in [2.24, 2.45) is 7.05 Å². The van der Waals surface area contributed by atoms with E-state index in [0.717, 1.165) is 0 Å². The molecule has 1 heterocycles. The van der Waals surface area contributed by atoms with Crippen LogP contribution in [0, 0.1) is 0 Å². The molecule has 0 unspecified atom stereocenters. The van der Waals surface area contributed by atoms with E-state index in [0.29, 0.717) is 11.4 Å². The van der Waals surface area contributed by atoms with E-state index in [1.54, 1.807) is 20.9 Å². The maximum atomic E-state index is 11.7. The monoisotopic (exact) mass is 212 g/mol. The standard InChI is InChI=1S/C9H16N4O2/c1-9(2,5-14)12-8(15)6-4-11-13(3)7(6)10/h4,14H,5,10H2,1-3H3,(H,12,15). The lowest BCUT2D eigenvalue weighted by Crippen LogP contribution is -2.46. The molecule has 0 aliphatic rings. The molecule has 0 fully saturated rings. The van der Waals surface area contributed by atoms with Gasteiger partial charge in [0, 0.05) is 7.05 Å². The molecule has 6 nitrogen and oxygen atoms in total. The predicted molar refractivity (Wildman–Crippen MR) is 56.3 cm³/mol. The summed E-state index contributed by atoms with van der Waals surface area (Å²) < 4.78 is 1.42. The Morgan fingerprint density at radius 3 is 2.73 bits per heavy atom. The number of aryl methyl sites for hydroxylation is 1. The number of nitrogens with one attached hydrogen (secondary N) is 1. The van der Waals surface area contributed by atoms with E-state index in [1.807, 2.05) is 0 Å². The molecule has 0 spiro atoms. The highest BCUT2D eigenvalue weighted by Crippen LogP contribution is 2.11. The average molecular weight is 212 g/mol. The summed E-state index contributed by atoms with van der Waals surface area (Å²) in [6, 6.07) is 0. The fourth-order valence-corrected chi connectivity index (χ4v) is 1.04. The molecule has 1 rings (SSSR count). The molecule has 1 aromatic heterocycles. The second-order valence-electron chi connectivity index (χ2n) is 4.06. The van der Waals surface area contributed by atoms with Crippen LogP contribution in [0.15, 0.2) is 6.20 Å². The molecule has 0 aliphatic carbocycles. The average Bonchev–Trinajstić information content (AvgIpc) is 2.47. The number of amides is 1. The number of carbonyl (C=O) groups is 1. The maximum Gasteiger partial charge on any atom is 0.257 e. The molecule has 4 N–H and O–H groups in total. The van der Waals surface area contributed by atoms with E-state index >= 15 is 0 Å². The van der Waals surface area contributed by atoms with Gasteiger partial charge >= 0.3 is 0 Å². The molecule has 0 aromatic carbocycles. The summed E-state index contributed by atoms with van der Waals surface area (Å²) in [6.45, 7) is 3.30. The Bertz CT molecular complexity index is 370. The number of aliphatic hydroxyl groups is 1. The first-order valence-electron chi connectivity index (χ1n) is 4.58. The summed E-state index contributed by atoms with van der Waals surface area (Å²) in [5.74, 6) is -0.0270. The van der Waals surface area contributed by atoms with Crippen molar-refractivity contribution in [1.29, 1.82) is 0 Å². The molecule has 15 heavy (non-hydrogen) atoms. The summed E-state index contributed by atoms with van der Waals surface area (Å²) >= 11 is 0. The van der Waals surface area contributed by atoms with Crippen LogP contribution in [0.3, 0.4) is 0 Å². The zero-order valence-electron chi connectivity index (χ0n) is 9.11. The first-order chi connectivity index (χ1) is 6.87. The van der Waals surface area contributed by atoms with Gasteiger partial charge < -0.3 is 16.2 Å². The molecular weight excluding hydrogens is 196 g/mol. The van der Waals surface area contributed by atoms with Gasteiger partial charge in [-0.3, -0.25) is 9.48 Å². The van der Waals surface area contributed by atoms with Crippen LogP contribution in [-0.2, 0) is 7.05 Å². The van der Waals surface area contributed by atoms with E-state index in [9.17, 15) is 4.79 Å². The Labute approximate surface area is 88.1 Å². The minimum absolute atomic E-state index is 0.140. The molecule has 0 radical (unpaired) electrons. The van der Waals surface area contributed by atoms with Gasteiger partial charge in [-0.1, -0.05) is 0 Å². The van der Waals surface area contributed by atoms with E-state index in [1.165, 1.54) is 10.9 Å². The summed E-state index contributed by atoms with van der Waals surface area (Å²) in [5, 5.41) is 15.5. The van der Waals surface area contributed by atoms with Crippen molar-refractivity contribution < 1.29 is 9.90 Å². The molecule has 0 saturated heterocycles. The lowest BCUT2D eigenvalue weighted by molar-refractivity contribution is 0.0870. The zero-order chi connectivity index (χ0) is 11.6. The molecule has 1 aromatic rings. The molecule has 0 bridgehead atoms. The Morgan fingerprint density at radius 2 is 2.33 bits per heavy atom. The smallest absolute Gasteiger partial charge is 0.257 e. The van der Waals surface area contributed by atoms with Gasteiger partial charge in [-0.15, -0.1) is 0 Å². The summed E-state index contributed by atoms with van der Waals surface area (Å²) in [4.78, 5) is 11.7. The van der Waals surface area contributed by atoms with Crippen molar-refractivity contribution in [3.63, 3.8) is 0 Å². The number of rotatable bonds is 3. The Hall–Kier alpha value is -1.56. The molecule has 6 heteroatoms. The Kier molecular flexibility index (Phi) is 2.99. The molecule has 1 amide bonds. The second kappa shape index (κ2) is 3.90. The van der Waals surface area contributed by atoms with Gasteiger partial charge in [0.2, 0.25) is 0 Å². The molecule has 0 atom stereocenters. The van der Waals surface area contributed by atoms with Gasteiger partial charge in [-0.05, 0) is 13.8 Å². The minimum atomic E-state index is -0.667. The van der Waals surface area contributed by atoms with Crippen LogP contribution >= 0.6 is 0 Å². The number of anilines is 1. The Balaban J connectivity index is 2.83. The highest BCUT2D eigenvalue weighted by atomic mass is 16.3. The van der Waals surface area contributed by atoms with E-state index in [4.69, 9.17) is 10.8 Å². The van der Waals surface area contributed by atoms with Crippen LogP contribution in [0.4, 0.5) is 5.82 Å². The van der Waals surface area contributed by atoms with Crippen molar-refractivity contribution >= 4 is 11.7 Å². The van der Waals surface area contributed by atoms with E-state index < -0.39 is 5.54 Å². The number of nitrogen functional groups attached to an aromatic ring is 1. The highest BCUT2D eigenvalue weighted by Gasteiger charge is 2.22. The van der Waals surface area contributed by atoms with Crippen LogP contribution in [0.5, 0.6) is 0 Å². The largest absolute Gasteiger partial charge is 0.394 e. The summed E-state index contributed by atoms with van der Waals surface area (Å²) in [7, 11) is 1.66. The van der Waals surface area contributed by atoms with Gasteiger partial charge in [0.1, 0.15) is 11.4 Å². The number of carbonyl (C=O) groups excluding carboxylic acids is 1. The normalized spacial score (nSPS) is 11.5. The van der Waals surface area contributed by atoms with Gasteiger partial charge in [0.05, 0.1) is 18.3 Å². The predicted octanol–water partition coefficient (Wildman–Crippen LogP) is -0.497. The molecular formula is C9H16N4O2. The number of nitrogens with zero attached hydrogens (tertiary/aromatic N) is 2. The second-order valence-corrected chi connectivity index (χ2v) is 4.06. The van der Waals surface area contributed by atoms with E-state index in [2.05, 4.69) is 10.4 Å². The molecule has 84 valence electrons. The third kappa shape index (κ3) is 2.47. The van der Waals surface area contributed by atoms with E-state index in [-0.39, 0.29) is 12.5 Å². The van der Waals surface area contributed by atoms with Crippen molar-refractivity contribution in [2.45, 2.75) is 19.4 Å². The molecule has 0 saturated carbocycles. The minimum Gasteiger partial charge on any atom is -0.394 e. The third-order valence-corrected chi connectivity index (χ3v) is 2.08. The van der Waals surface area contributed by atoms with Crippen molar-refractivity contribution in [2.75, 3.05) is 12.3 Å². The number of aliphatic hydroxyl groups excluding tert-OH is 1. The van der Waals surface area contributed by atoms with Crippen LogP contribution in [0.25, 0.3) is 0 Å². The quantitative estimate of drug-likeness (QED) is 0.630. The SMILES string of the molecule is Cn1ncc(C(=O)NC(C)(C)CO)c1N. The van der Waals surface area contributed by atoms with Crippen LogP contribution in [0.2, 0.25) is 0 Å². The first-order valence-corrected chi connectivity index (χ1v) is 4.58. The third-order valence-electron chi connectivity index (χ3n) is 2.08. The topological polar surface area (TPSA) is 93.2 Å². The number of aromatic nitrogens is 2. The zero-order valence-corrected chi connectivity index (χ0v) is 9.11. The van der Waals surface area contributed by atoms with Crippen LogP contribution in [0.1, 0.15) is 24.2 Å². The van der Waals surface area contributed by atoms with Gasteiger partial charge in [0.25, 0.3) is 5.91 Å². The maximum absolute atomic E-state index is 11.7. The molecule has 0 aliphatic heterocycles. The van der Waals surface area contributed by atoms with Crippen molar-refractivity contribution in [3.05, 3.63) is 11.8 Å². The lowest BCUT2D eigenvalue weighted by Gasteiger charge is -2.23. The van der Waals surface area contributed by atoms with Gasteiger partial charge in [-0.25, -0.2) is 0 Å². The lowest BCUT2D eigenvalue weighted by atomic mass is 10.1. The number of hydrogen-bond acceptors (Lipinski definition) is 4. The van der Waals surface area contributed by atoms with Gasteiger partial charge in [0.15, 0.2) is 0 Å². The summed E-state index contributed by atoms with van der Waals surface area (Å²) in [5.41, 5.74) is 5.29. The van der Waals surface area contributed by atoms with Crippen LogP contribution in [-0.4, -0.2) is 32.9 Å². The van der Waals surface area contributed by atoms with Gasteiger partial charge in [-0.2, -0.15) is 5.10 Å². The fourth-order valence-electron chi connectivity index (χ4n) is 1.04. The Morgan fingerprint density at radius 1 is 1.73 bits per heavy atom. The summed E-state index contributed by atoms with van der Waals surface area (Å²) in [6.07, 6.45) is 1.40. The fraction of sp³-hybridized carbons (Fsp3) is 0.556. The van der Waals surface area contributed by atoms with Crippen LogP contribution < -0.4 is 11.1 Å². The van der Waals surface area contributed by atoms with Crippen molar-refractivity contribution in [3.8, 4) is 0 Å². The highest BCUT2D eigenvalue weighted by molar-refractivity contribution is 5.98.